The smallest absolute Gasteiger partial charge is 0.0718 e. The quantitative estimate of drug-likeness (QED) is 0.529. The standard InChI is InChI=1S/C17H31IN2O/c1-14(2)20-7-3-15(4-8-20)12-19-9-5-17(6-10-19)11-16(18)13-21-17/h14-16H,3-13H2,1-2H3/t16-/m1/s1. The van der Waals surface area contributed by atoms with Gasteiger partial charge in [0.25, 0.3) is 0 Å². The number of hydrogen-bond donors (Lipinski definition) is 0. The van der Waals surface area contributed by atoms with Crippen molar-refractivity contribution >= 4 is 22.6 Å². The van der Waals surface area contributed by atoms with Gasteiger partial charge in [0.15, 0.2) is 0 Å². The van der Waals surface area contributed by atoms with Crippen molar-refractivity contribution in [2.75, 3.05) is 39.3 Å². The summed E-state index contributed by atoms with van der Waals surface area (Å²) in [6.45, 7) is 12.1. The minimum atomic E-state index is 0.253. The number of halogens is 1. The average molecular weight is 406 g/mol. The molecule has 0 aromatic heterocycles. The monoisotopic (exact) mass is 406 g/mol. The van der Waals surface area contributed by atoms with Gasteiger partial charge < -0.3 is 14.5 Å². The molecule has 0 aromatic rings. The molecule has 3 saturated heterocycles. The summed E-state index contributed by atoms with van der Waals surface area (Å²) in [5.74, 6) is 0.927. The Kier molecular flexibility index (Phi) is 5.50. The van der Waals surface area contributed by atoms with Crippen LogP contribution < -0.4 is 0 Å². The van der Waals surface area contributed by atoms with Crippen LogP contribution in [-0.2, 0) is 4.74 Å². The fourth-order valence-corrected chi connectivity index (χ4v) is 5.28. The molecule has 3 rings (SSSR count). The van der Waals surface area contributed by atoms with Gasteiger partial charge in [-0.05, 0) is 65.0 Å². The first kappa shape index (κ1) is 16.5. The van der Waals surface area contributed by atoms with E-state index in [0.717, 1.165) is 22.5 Å². The predicted molar refractivity (Wildman–Crippen MR) is 96.2 cm³/mol. The van der Waals surface area contributed by atoms with Gasteiger partial charge in [-0.25, -0.2) is 0 Å². The van der Waals surface area contributed by atoms with Crippen LogP contribution in [0.2, 0.25) is 0 Å². The van der Waals surface area contributed by atoms with E-state index in [4.69, 9.17) is 4.74 Å². The zero-order valence-electron chi connectivity index (χ0n) is 13.7. The van der Waals surface area contributed by atoms with Crippen molar-refractivity contribution in [3.05, 3.63) is 0 Å². The Morgan fingerprint density at radius 3 is 2.33 bits per heavy atom. The SMILES string of the molecule is CC(C)N1CCC(CN2CCC3(CC2)C[C@@H](I)CO3)CC1. The molecule has 0 amide bonds. The lowest BCUT2D eigenvalue weighted by Gasteiger charge is -2.41. The van der Waals surface area contributed by atoms with Crippen LogP contribution in [0.1, 0.15) is 46.0 Å². The third-order valence-corrected chi connectivity index (χ3v) is 6.63. The van der Waals surface area contributed by atoms with Crippen LogP contribution in [0.15, 0.2) is 0 Å². The molecule has 3 aliphatic heterocycles. The maximum absolute atomic E-state index is 6.13. The lowest BCUT2D eigenvalue weighted by molar-refractivity contribution is -0.0468. The largest absolute Gasteiger partial charge is 0.374 e. The molecular weight excluding hydrogens is 375 g/mol. The molecule has 0 unspecified atom stereocenters. The zero-order valence-corrected chi connectivity index (χ0v) is 15.8. The lowest BCUT2D eigenvalue weighted by Crippen LogP contribution is -2.47. The lowest BCUT2D eigenvalue weighted by atomic mass is 9.87. The van der Waals surface area contributed by atoms with E-state index in [2.05, 4.69) is 46.2 Å². The second-order valence-electron chi connectivity index (χ2n) is 7.67. The second-order valence-corrected chi connectivity index (χ2v) is 9.43. The molecule has 0 N–H and O–H groups in total. The molecule has 3 fully saturated rings. The number of piperidine rings is 2. The van der Waals surface area contributed by atoms with Gasteiger partial charge >= 0.3 is 0 Å². The minimum absolute atomic E-state index is 0.253. The molecule has 122 valence electrons. The van der Waals surface area contributed by atoms with Crippen molar-refractivity contribution in [1.29, 1.82) is 0 Å². The van der Waals surface area contributed by atoms with Gasteiger partial charge in [0.2, 0.25) is 0 Å². The van der Waals surface area contributed by atoms with Crippen LogP contribution in [-0.4, -0.2) is 64.7 Å². The van der Waals surface area contributed by atoms with Crippen LogP contribution in [0.3, 0.4) is 0 Å². The first-order valence-electron chi connectivity index (χ1n) is 8.81. The van der Waals surface area contributed by atoms with Crippen molar-refractivity contribution < 1.29 is 4.74 Å². The molecule has 3 heterocycles. The number of nitrogens with zero attached hydrogens (tertiary/aromatic N) is 2. The van der Waals surface area contributed by atoms with Gasteiger partial charge in [-0.15, -0.1) is 0 Å². The summed E-state index contributed by atoms with van der Waals surface area (Å²) in [5.41, 5.74) is 0.253. The fraction of sp³-hybridized carbons (Fsp3) is 1.00. The van der Waals surface area contributed by atoms with E-state index >= 15 is 0 Å². The van der Waals surface area contributed by atoms with Crippen molar-refractivity contribution in [2.45, 2.75) is 61.5 Å². The van der Waals surface area contributed by atoms with E-state index in [9.17, 15) is 0 Å². The van der Waals surface area contributed by atoms with Gasteiger partial charge in [0, 0.05) is 29.6 Å². The summed E-state index contributed by atoms with van der Waals surface area (Å²) in [6, 6.07) is 0.724. The number of ether oxygens (including phenoxy) is 1. The topological polar surface area (TPSA) is 15.7 Å². The van der Waals surface area contributed by atoms with Gasteiger partial charge in [-0.1, -0.05) is 22.6 Å². The van der Waals surface area contributed by atoms with Crippen LogP contribution in [0, 0.1) is 5.92 Å². The van der Waals surface area contributed by atoms with E-state index in [1.54, 1.807) is 0 Å². The fourth-order valence-electron chi connectivity index (χ4n) is 4.30. The predicted octanol–water partition coefficient (Wildman–Crippen LogP) is 3.17. The Hall–Kier alpha value is 0.610. The van der Waals surface area contributed by atoms with Crippen molar-refractivity contribution in [2.24, 2.45) is 5.92 Å². The highest BCUT2D eigenvalue weighted by molar-refractivity contribution is 14.1. The van der Waals surface area contributed by atoms with Crippen LogP contribution in [0.4, 0.5) is 0 Å². The average Bonchev–Trinajstić information content (AvgIpc) is 2.83. The minimum Gasteiger partial charge on any atom is -0.374 e. The second kappa shape index (κ2) is 7.02. The molecule has 1 atom stereocenters. The molecule has 1 spiro atoms. The van der Waals surface area contributed by atoms with E-state index in [-0.39, 0.29) is 5.60 Å². The molecule has 0 aliphatic carbocycles. The summed E-state index contributed by atoms with van der Waals surface area (Å²) in [7, 11) is 0. The van der Waals surface area contributed by atoms with E-state index in [1.807, 2.05) is 0 Å². The van der Waals surface area contributed by atoms with Crippen molar-refractivity contribution in [3.8, 4) is 0 Å². The Morgan fingerprint density at radius 2 is 1.81 bits per heavy atom. The number of alkyl halides is 1. The zero-order chi connectivity index (χ0) is 14.9. The maximum Gasteiger partial charge on any atom is 0.0718 e. The van der Waals surface area contributed by atoms with Crippen LogP contribution >= 0.6 is 22.6 Å². The first-order valence-corrected chi connectivity index (χ1v) is 10.1. The number of hydrogen-bond acceptors (Lipinski definition) is 3. The highest BCUT2D eigenvalue weighted by Crippen LogP contribution is 2.38. The molecule has 0 bridgehead atoms. The maximum atomic E-state index is 6.13. The first-order chi connectivity index (χ1) is 10.1. The summed E-state index contributed by atoms with van der Waals surface area (Å²) >= 11 is 2.56. The molecule has 3 aliphatic rings. The normalized spacial score (nSPS) is 32.3. The molecule has 0 saturated carbocycles. The van der Waals surface area contributed by atoms with E-state index < -0.39 is 0 Å². The van der Waals surface area contributed by atoms with Crippen LogP contribution in [0.5, 0.6) is 0 Å². The third-order valence-electron chi connectivity index (χ3n) is 5.83. The summed E-state index contributed by atoms with van der Waals surface area (Å²) in [6.07, 6.45) is 6.60. The third kappa shape index (κ3) is 4.12. The van der Waals surface area contributed by atoms with Gasteiger partial charge in [0.05, 0.1) is 12.2 Å². The van der Waals surface area contributed by atoms with Gasteiger partial charge in [-0.2, -0.15) is 0 Å². The van der Waals surface area contributed by atoms with E-state index in [0.29, 0.717) is 0 Å². The molecule has 21 heavy (non-hydrogen) atoms. The highest BCUT2D eigenvalue weighted by atomic mass is 127. The Bertz CT molecular complexity index is 334. The Morgan fingerprint density at radius 1 is 1.14 bits per heavy atom. The summed E-state index contributed by atoms with van der Waals surface area (Å²) < 4.78 is 6.88. The molecule has 4 heteroatoms. The van der Waals surface area contributed by atoms with Gasteiger partial charge in [-0.3, -0.25) is 0 Å². The van der Waals surface area contributed by atoms with Crippen LogP contribution in [0.25, 0.3) is 0 Å². The molecule has 0 radical (unpaired) electrons. The Balaban J connectivity index is 1.40. The highest BCUT2D eigenvalue weighted by Gasteiger charge is 2.42. The van der Waals surface area contributed by atoms with Crippen molar-refractivity contribution in [1.82, 2.24) is 9.80 Å². The summed E-state index contributed by atoms with van der Waals surface area (Å²) in [4.78, 5) is 5.35. The van der Waals surface area contributed by atoms with Crippen molar-refractivity contribution in [3.63, 3.8) is 0 Å². The molecule has 3 nitrogen and oxygen atoms in total. The molecule has 0 aromatic carbocycles. The summed E-state index contributed by atoms with van der Waals surface area (Å²) in [5, 5.41) is 0. The molecular formula is C17H31IN2O. The Labute approximate surface area is 143 Å². The number of likely N-dealkylation sites (tertiary alicyclic amines) is 2. The number of rotatable bonds is 3. The van der Waals surface area contributed by atoms with Gasteiger partial charge in [0.1, 0.15) is 0 Å². The van der Waals surface area contributed by atoms with E-state index in [1.165, 1.54) is 64.8 Å².